The monoisotopic (exact) mass is 476 g/mol. The fourth-order valence-corrected chi connectivity index (χ4v) is 5.10. The summed E-state index contributed by atoms with van der Waals surface area (Å²) in [5.41, 5.74) is 2.78. The molecule has 0 atom stereocenters. The van der Waals surface area contributed by atoms with Crippen LogP contribution in [0.2, 0.25) is 5.02 Å². The second-order valence-electron chi connectivity index (χ2n) is 8.96. The highest BCUT2D eigenvalue weighted by atomic mass is 35.5. The van der Waals surface area contributed by atoms with E-state index < -0.39 is 11.2 Å². The number of anilines is 2. The minimum Gasteiger partial charge on any atom is -0.367 e. The Morgan fingerprint density at radius 3 is 2.41 bits per heavy atom. The standard InChI is InChI=1S/C26H22ClFN4O2/c27-17-1-4-19-22(11-17)29-6-5-23(19)30-7-9-31(10-8-30)25-13-24-20(12-21(25)28)26(34)16(15-33)14-32(24)18-2-3-18/h1,4-6,11-15,18H,2-3,7-10H2. The zero-order chi connectivity index (χ0) is 23.4. The minimum atomic E-state index is -0.438. The third-order valence-corrected chi connectivity index (χ3v) is 7.07. The Labute approximate surface area is 200 Å². The van der Waals surface area contributed by atoms with Crippen LogP contribution in [0.1, 0.15) is 29.2 Å². The van der Waals surface area contributed by atoms with Crippen molar-refractivity contribution >= 4 is 51.1 Å². The van der Waals surface area contributed by atoms with E-state index in [0.29, 0.717) is 35.6 Å². The number of aldehydes is 1. The zero-order valence-electron chi connectivity index (χ0n) is 18.4. The van der Waals surface area contributed by atoms with Crippen LogP contribution in [0, 0.1) is 5.82 Å². The molecular weight excluding hydrogens is 455 g/mol. The summed E-state index contributed by atoms with van der Waals surface area (Å²) in [6.45, 7) is 2.72. The van der Waals surface area contributed by atoms with Gasteiger partial charge in [0.15, 0.2) is 11.7 Å². The molecular formula is C26H22ClFN4O2. The van der Waals surface area contributed by atoms with Crippen LogP contribution in [-0.2, 0) is 0 Å². The lowest BCUT2D eigenvalue weighted by molar-refractivity contribution is 0.112. The summed E-state index contributed by atoms with van der Waals surface area (Å²) in [6.07, 6.45) is 5.95. The first-order valence-corrected chi connectivity index (χ1v) is 11.8. The average molecular weight is 477 g/mol. The molecule has 1 aliphatic heterocycles. The van der Waals surface area contributed by atoms with Crippen LogP contribution in [0.3, 0.4) is 0 Å². The largest absolute Gasteiger partial charge is 0.367 e. The van der Waals surface area contributed by atoms with Gasteiger partial charge in [0.25, 0.3) is 0 Å². The van der Waals surface area contributed by atoms with Gasteiger partial charge in [-0.25, -0.2) is 4.39 Å². The molecule has 1 aliphatic carbocycles. The number of fused-ring (bicyclic) bond motifs is 2. The van der Waals surface area contributed by atoms with E-state index in [2.05, 4.69) is 9.88 Å². The third-order valence-electron chi connectivity index (χ3n) is 6.84. The van der Waals surface area contributed by atoms with Crippen molar-refractivity contribution in [1.82, 2.24) is 9.55 Å². The van der Waals surface area contributed by atoms with Crippen LogP contribution in [0.15, 0.2) is 53.6 Å². The number of aromatic nitrogens is 2. The molecule has 0 spiro atoms. The van der Waals surface area contributed by atoms with Gasteiger partial charge in [-0.2, -0.15) is 0 Å². The lowest BCUT2D eigenvalue weighted by Crippen LogP contribution is -2.47. The maximum Gasteiger partial charge on any atom is 0.199 e. The van der Waals surface area contributed by atoms with Gasteiger partial charge in [0.1, 0.15) is 5.82 Å². The second-order valence-corrected chi connectivity index (χ2v) is 9.39. The molecule has 8 heteroatoms. The van der Waals surface area contributed by atoms with Gasteiger partial charge in [-0.05, 0) is 49.2 Å². The number of hydrogen-bond donors (Lipinski definition) is 0. The molecule has 0 amide bonds. The second kappa shape index (κ2) is 8.09. The van der Waals surface area contributed by atoms with Gasteiger partial charge < -0.3 is 14.4 Å². The molecule has 0 unspecified atom stereocenters. The van der Waals surface area contributed by atoms with E-state index in [9.17, 15) is 9.59 Å². The van der Waals surface area contributed by atoms with Gasteiger partial charge in [0.05, 0.1) is 22.3 Å². The smallest absolute Gasteiger partial charge is 0.199 e. The normalized spacial score (nSPS) is 16.4. The van der Waals surface area contributed by atoms with Crippen molar-refractivity contribution in [1.29, 1.82) is 0 Å². The van der Waals surface area contributed by atoms with Crippen LogP contribution < -0.4 is 15.2 Å². The highest BCUT2D eigenvalue weighted by Crippen LogP contribution is 2.38. The SMILES string of the molecule is O=Cc1cn(C2CC2)c2cc(N3CCN(c4ccnc5cc(Cl)ccc45)CC3)c(F)cc2c1=O. The van der Waals surface area contributed by atoms with Crippen molar-refractivity contribution in [2.24, 2.45) is 0 Å². The van der Waals surface area contributed by atoms with Crippen molar-refractivity contribution in [3.8, 4) is 0 Å². The molecule has 0 bridgehead atoms. The van der Waals surface area contributed by atoms with Crippen LogP contribution in [0.4, 0.5) is 15.8 Å². The number of pyridine rings is 2. The lowest BCUT2D eigenvalue weighted by atomic mass is 10.1. The van der Waals surface area contributed by atoms with Crippen molar-refractivity contribution in [2.45, 2.75) is 18.9 Å². The van der Waals surface area contributed by atoms with Gasteiger partial charge in [-0.1, -0.05) is 11.6 Å². The first-order valence-electron chi connectivity index (χ1n) is 11.4. The first kappa shape index (κ1) is 21.1. The van der Waals surface area contributed by atoms with Gasteiger partial charge >= 0.3 is 0 Å². The van der Waals surface area contributed by atoms with Gasteiger partial charge in [0, 0.05) is 66.1 Å². The summed E-state index contributed by atoms with van der Waals surface area (Å²) < 4.78 is 17.2. The molecule has 2 fully saturated rings. The predicted molar refractivity (Wildman–Crippen MR) is 133 cm³/mol. The molecule has 3 heterocycles. The van der Waals surface area contributed by atoms with Crippen LogP contribution >= 0.6 is 11.6 Å². The molecule has 172 valence electrons. The molecule has 0 radical (unpaired) electrons. The number of carbonyl (C=O) groups is 1. The number of hydrogen-bond acceptors (Lipinski definition) is 5. The first-order chi connectivity index (χ1) is 16.5. The van der Waals surface area contributed by atoms with Crippen molar-refractivity contribution in [2.75, 3.05) is 36.0 Å². The zero-order valence-corrected chi connectivity index (χ0v) is 19.1. The molecule has 34 heavy (non-hydrogen) atoms. The van der Waals surface area contributed by atoms with E-state index >= 15 is 4.39 Å². The fraction of sp³-hybridized carbons (Fsp3) is 0.269. The van der Waals surface area contributed by atoms with Gasteiger partial charge in [0.2, 0.25) is 0 Å². The topological polar surface area (TPSA) is 58.4 Å². The quantitative estimate of drug-likeness (QED) is 0.395. The number of rotatable bonds is 4. The van der Waals surface area contributed by atoms with E-state index in [1.807, 2.05) is 33.7 Å². The van der Waals surface area contributed by atoms with Crippen LogP contribution in [0.25, 0.3) is 21.8 Å². The Morgan fingerprint density at radius 1 is 0.971 bits per heavy atom. The van der Waals surface area contributed by atoms with Gasteiger partial charge in [-0.15, -0.1) is 0 Å². The Morgan fingerprint density at radius 2 is 1.71 bits per heavy atom. The van der Waals surface area contributed by atoms with Crippen LogP contribution in [0.5, 0.6) is 0 Å². The molecule has 2 aliphatic rings. The number of carbonyl (C=O) groups excluding carboxylic acids is 1. The number of nitrogens with zero attached hydrogens (tertiary/aromatic N) is 4. The Hall–Kier alpha value is -3.45. The number of halogens is 2. The maximum atomic E-state index is 15.2. The summed E-state index contributed by atoms with van der Waals surface area (Å²) >= 11 is 6.13. The molecule has 2 aromatic heterocycles. The van der Waals surface area contributed by atoms with Gasteiger partial charge in [-0.3, -0.25) is 14.6 Å². The van der Waals surface area contributed by atoms with Crippen LogP contribution in [-0.4, -0.2) is 42.0 Å². The van der Waals surface area contributed by atoms with Crippen molar-refractivity contribution < 1.29 is 9.18 Å². The molecule has 1 saturated heterocycles. The Kier molecular flexibility index (Phi) is 5.03. The maximum absolute atomic E-state index is 15.2. The summed E-state index contributed by atoms with van der Waals surface area (Å²) in [7, 11) is 0. The van der Waals surface area contributed by atoms with E-state index in [1.165, 1.54) is 6.07 Å². The molecule has 0 N–H and O–H groups in total. The van der Waals surface area contributed by atoms with E-state index in [4.69, 9.17) is 11.6 Å². The third kappa shape index (κ3) is 3.51. The van der Waals surface area contributed by atoms with Crippen molar-refractivity contribution in [3.05, 3.63) is 75.4 Å². The summed E-state index contributed by atoms with van der Waals surface area (Å²) in [6, 6.07) is 11.0. The van der Waals surface area contributed by atoms with E-state index in [-0.39, 0.29) is 17.0 Å². The van der Waals surface area contributed by atoms with E-state index in [0.717, 1.165) is 42.5 Å². The Bertz CT molecular complexity index is 1510. The molecule has 6 rings (SSSR count). The minimum absolute atomic E-state index is 0.0750. The summed E-state index contributed by atoms with van der Waals surface area (Å²) in [4.78, 5) is 32.8. The highest BCUT2D eigenvalue weighted by molar-refractivity contribution is 6.31. The predicted octanol–water partition coefficient (Wildman–Crippen LogP) is 4.82. The Balaban J connectivity index is 1.32. The fourth-order valence-electron chi connectivity index (χ4n) is 4.93. The number of benzene rings is 2. The average Bonchev–Trinajstić information content (AvgIpc) is 3.69. The van der Waals surface area contributed by atoms with E-state index in [1.54, 1.807) is 18.5 Å². The lowest BCUT2D eigenvalue weighted by Gasteiger charge is -2.38. The van der Waals surface area contributed by atoms with Crippen molar-refractivity contribution in [3.63, 3.8) is 0 Å². The molecule has 6 nitrogen and oxygen atoms in total. The molecule has 4 aromatic rings. The summed E-state index contributed by atoms with van der Waals surface area (Å²) in [5, 5.41) is 1.95. The highest BCUT2D eigenvalue weighted by Gasteiger charge is 2.27. The molecule has 1 saturated carbocycles. The number of piperazine rings is 1. The molecule has 2 aromatic carbocycles. The summed E-state index contributed by atoms with van der Waals surface area (Å²) in [5.74, 6) is -0.438.